The van der Waals surface area contributed by atoms with Gasteiger partial charge in [-0.05, 0) is 162 Å². The van der Waals surface area contributed by atoms with Gasteiger partial charge in [0.2, 0.25) is 5.91 Å². The molecule has 0 bridgehead atoms. The molecule has 7 heteroatoms. The van der Waals surface area contributed by atoms with Crippen molar-refractivity contribution in [2.75, 3.05) is 27.7 Å². The van der Waals surface area contributed by atoms with Crippen LogP contribution in [0.4, 0.5) is 0 Å². The Morgan fingerprint density at radius 1 is 0.758 bits per heavy atom. The highest BCUT2D eigenvalue weighted by Crippen LogP contribution is 2.45. The monoisotopic (exact) mass is 872 g/mol. The normalized spacial score (nSPS) is 24.4. The standard InChI is InChI=1S/C55H105N3O4/c1-20-37(8)26-48(32-53(62-19)43(14)52(40(11)36(6)7)34-49-29-39(10)41(12)55(61)42(49)13)28-38(9)27-46(21-2)30-51(59)31-47(23-24-58(17)18)33-54(60)57-45(16)44(15)56-50(22-3)25-35(4)5/h35-37,39-43,45-50,52-53,55-56,61H,9,15,20-34H2,1-8,10-14,16-19H3,(H,57,60). The number of nitrogens with zero attached hydrogens (tertiary/aromatic N) is 1. The Kier molecular flexibility index (Phi) is 28.0. The summed E-state index contributed by atoms with van der Waals surface area (Å²) < 4.78 is 6.48. The summed E-state index contributed by atoms with van der Waals surface area (Å²) in [5.41, 5.74) is 2.10. The fourth-order valence-electron chi connectivity index (χ4n) is 10.8. The molecule has 1 rings (SSSR count). The van der Waals surface area contributed by atoms with Crippen LogP contribution >= 0.6 is 0 Å². The largest absolute Gasteiger partial charge is 0.393 e. The van der Waals surface area contributed by atoms with Crippen LogP contribution in [-0.4, -0.2) is 73.7 Å². The van der Waals surface area contributed by atoms with E-state index in [9.17, 15) is 14.7 Å². The third kappa shape index (κ3) is 21.1. The molecule has 0 aromatic rings. The SMILES string of the molecule is C=C(CC(CC)CC(=O)CC(CCN(C)C)CC(=O)NC(C)C(=C)NC(CC)CC(C)C)CC(CC(C)CC)CC(OC)C(C)C(CC1CC(C)C(C)C(O)C1C)C(C)C(C)C. The van der Waals surface area contributed by atoms with E-state index < -0.39 is 0 Å². The van der Waals surface area contributed by atoms with Crippen molar-refractivity contribution < 1.29 is 19.4 Å². The van der Waals surface area contributed by atoms with Crippen LogP contribution in [0.2, 0.25) is 0 Å². The molecule has 3 N–H and O–H groups in total. The van der Waals surface area contributed by atoms with Gasteiger partial charge in [0.15, 0.2) is 0 Å². The summed E-state index contributed by atoms with van der Waals surface area (Å²) in [5, 5.41) is 17.9. The van der Waals surface area contributed by atoms with Gasteiger partial charge in [0.05, 0.1) is 18.2 Å². The van der Waals surface area contributed by atoms with Crippen molar-refractivity contribution in [2.24, 2.45) is 76.9 Å². The third-order valence-electron chi connectivity index (χ3n) is 16.0. The number of amides is 1. The fraction of sp³-hybridized carbons (Fsp3) is 0.891. The number of hydrogen-bond donors (Lipinski definition) is 3. The van der Waals surface area contributed by atoms with Crippen molar-refractivity contribution in [2.45, 2.75) is 211 Å². The average Bonchev–Trinajstić information content (AvgIpc) is 3.20. The summed E-state index contributed by atoms with van der Waals surface area (Å²) in [6.45, 7) is 41.8. The number of methoxy groups -OCH3 is 1. The smallest absolute Gasteiger partial charge is 0.220 e. The number of ether oxygens (including phenoxy) is 1. The predicted molar refractivity (Wildman–Crippen MR) is 267 cm³/mol. The molecule has 0 aliphatic heterocycles. The second-order valence-electron chi connectivity index (χ2n) is 22.4. The van der Waals surface area contributed by atoms with E-state index in [0.717, 1.165) is 76.5 Å². The van der Waals surface area contributed by atoms with Crippen LogP contribution in [0.3, 0.4) is 0 Å². The molecule has 15 atom stereocenters. The summed E-state index contributed by atoms with van der Waals surface area (Å²) in [4.78, 5) is 29.4. The van der Waals surface area contributed by atoms with Gasteiger partial charge in [-0.15, -0.1) is 0 Å². The first-order valence-corrected chi connectivity index (χ1v) is 25.8. The van der Waals surface area contributed by atoms with Crippen LogP contribution in [-0.2, 0) is 14.3 Å². The van der Waals surface area contributed by atoms with Crippen LogP contribution in [0.1, 0.15) is 187 Å². The Morgan fingerprint density at radius 2 is 1.37 bits per heavy atom. The molecule has 62 heavy (non-hydrogen) atoms. The van der Waals surface area contributed by atoms with E-state index in [-0.39, 0.29) is 41.8 Å². The molecule has 0 radical (unpaired) electrons. The maximum atomic E-state index is 13.8. The van der Waals surface area contributed by atoms with Crippen molar-refractivity contribution in [3.63, 3.8) is 0 Å². The number of rotatable bonds is 33. The number of carbonyl (C=O) groups excluding carboxylic acids is 2. The van der Waals surface area contributed by atoms with Gasteiger partial charge >= 0.3 is 0 Å². The summed E-state index contributed by atoms with van der Waals surface area (Å²) in [7, 11) is 6.02. The summed E-state index contributed by atoms with van der Waals surface area (Å²) >= 11 is 0. The molecule has 15 unspecified atom stereocenters. The van der Waals surface area contributed by atoms with E-state index >= 15 is 0 Å². The van der Waals surface area contributed by atoms with Gasteiger partial charge < -0.3 is 25.4 Å². The Labute approximate surface area is 385 Å². The van der Waals surface area contributed by atoms with E-state index in [1.54, 1.807) is 0 Å². The van der Waals surface area contributed by atoms with Crippen molar-refractivity contribution >= 4 is 11.7 Å². The minimum atomic E-state index is -0.229. The predicted octanol–water partition coefficient (Wildman–Crippen LogP) is 12.8. The van der Waals surface area contributed by atoms with Crippen LogP contribution in [0, 0.1) is 76.9 Å². The Bertz CT molecular complexity index is 1280. The van der Waals surface area contributed by atoms with Crippen LogP contribution in [0.15, 0.2) is 24.4 Å². The molecule has 1 saturated carbocycles. The first-order valence-electron chi connectivity index (χ1n) is 25.8. The van der Waals surface area contributed by atoms with E-state index in [1.165, 1.54) is 12.0 Å². The maximum Gasteiger partial charge on any atom is 0.220 e. The quantitative estimate of drug-likeness (QED) is 0.0569. The molecule has 7 nitrogen and oxygen atoms in total. The average molecular weight is 872 g/mol. The minimum Gasteiger partial charge on any atom is -0.393 e. The maximum absolute atomic E-state index is 13.8. The number of hydrogen-bond acceptors (Lipinski definition) is 6. The topological polar surface area (TPSA) is 90.9 Å². The Balaban J connectivity index is 3.07. The number of nitrogens with one attached hydrogen (secondary N) is 2. The van der Waals surface area contributed by atoms with E-state index in [1.807, 2.05) is 14.0 Å². The molecule has 1 fully saturated rings. The summed E-state index contributed by atoms with van der Waals surface area (Å²) in [6, 6.07) is 0.155. The Morgan fingerprint density at radius 3 is 1.90 bits per heavy atom. The van der Waals surface area contributed by atoms with Gasteiger partial charge in [0.1, 0.15) is 5.78 Å². The van der Waals surface area contributed by atoms with E-state index in [0.29, 0.717) is 90.4 Å². The third-order valence-corrected chi connectivity index (χ3v) is 16.0. The van der Waals surface area contributed by atoms with Gasteiger partial charge in [0, 0.05) is 38.1 Å². The molecular formula is C55H105N3O4. The van der Waals surface area contributed by atoms with Crippen LogP contribution in [0.5, 0.6) is 0 Å². The summed E-state index contributed by atoms with van der Waals surface area (Å²) in [6.07, 6.45) is 12.5. The molecule has 1 aliphatic rings. The van der Waals surface area contributed by atoms with Crippen molar-refractivity contribution in [3.8, 4) is 0 Å². The second kappa shape index (κ2) is 29.8. The lowest BCUT2D eigenvalue weighted by Crippen LogP contribution is -2.43. The lowest BCUT2D eigenvalue weighted by molar-refractivity contribution is -0.124. The molecule has 0 spiro atoms. The summed E-state index contributed by atoms with van der Waals surface area (Å²) in [5.74, 6) is 5.95. The van der Waals surface area contributed by atoms with Gasteiger partial charge in [-0.25, -0.2) is 0 Å². The van der Waals surface area contributed by atoms with Gasteiger partial charge in [-0.1, -0.05) is 122 Å². The number of Topliss-reactive ketones (excluding diaryl/α,β-unsaturated/α-hetero) is 1. The van der Waals surface area contributed by atoms with Gasteiger partial charge in [0.25, 0.3) is 0 Å². The van der Waals surface area contributed by atoms with Crippen LogP contribution in [0.25, 0.3) is 0 Å². The van der Waals surface area contributed by atoms with Crippen molar-refractivity contribution in [3.05, 3.63) is 24.4 Å². The highest BCUT2D eigenvalue weighted by Gasteiger charge is 2.41. The second-order valence-corrected chi connectivity index (χ2v) is 22.4. The van der Waals surface area contributed by atoms with Gasteiger partial charge in [-0.3, -0.25) is 9.59 Å². The lowest BCUT2D eigenvalue weighted by atomic mass is 9.62. The molecule has 364 valence electrons. The van der Waals surface area contributed by atoms with Crippen molar-refractivity contribution in [1.82, 2.24) is 15.5 Å². The number of ketones is 1. The van der Waals surface area contributed by atoms with Crippen LogP contribution < -0.4 is 10.6 Å². The first-order chi connectivity index (χ1) is 29.0. The zero-order chi connectivity index (χ0) is 47.4. The first kappa shape index (κ1) is 58.3. The molecule has 0 aromatic heterocycles. The molecular weight excluding hydrogens is 767 g/mol. The fourth-order valence-corrected chi connectivity index (χ4v) is 10.8. The minimum absolute atomic E-state index is 0.00293. The van der Waals surface area contributed by atoms with E-state index in [4.69, 9.17) is 4.74 Å². The zero-order valence-corrected chi connectivity index (χ0v) is 44.0. The van der Waals surface area contributed by atoms with E-state index in [2.05, 4.69) is 133 Å². The molecule has 0 saturated heterocycles. The number of aliphatic hydroxyl groups is 1. The molecule has 0 heterocycles. The number of aliphatic hydroxyl groups excluding tert-OH is 1. The number of carbonyl (C=O) groups is 2. The van der Waals surface area contributed by atoms with Crippen molar-refractivity contribution in [1.29, 1.82) is 0 Å². The lowest BCUT2D eigenvalue weighted by Gasteiger charge is -2.45. The molecule has 1 amide bonds. The molecule has 0 aromatic carbocycles. The van der Waals surface area contributed by atoms with Gasteiger partial charge in [-0.2, -0.15) is 0 Å². The Hall–Kier alpha value is -1.70. The zero-order valence-electron chi connectivity index (χ0n) is 44.0. The number of allylic oxidation sites excluding steroid dienone is 1. The molecule has 1 aliphatic carbocycles. The highest BCUT2D eigenvalue weighted by molar-refractivity contribution is 5.81. The highest BCUT2D eigenvalue weighted by atomic mass is 16.5.